The van der Waals surface area contributed by atoms with Gasteiger partial charge >= 0.3 is 0 Å². The summed E-state index contributed by atoms with van der Waals surface area (Å²) >= 11 is 0. The molecule has 8 heteroatoms. The summed E-state index contributed by atoms with van der Waals surface area (Å²) in [7, 11) is 0. The zero-order valence-corrected chi connectivity index (χ0v) is 20.0. The Labute approximate surface area is 190 Å². The van der Waals surface area contributed by atoms with Crippen LogP contribution in [0.2, 0.25) is 0 Å². The van der Waals surface area contributed by atoms with Gasteiger partial charge in [-0.05, 0) is 37.5 Å². The Morgan fingerprint density at radius 1 is 1.14 bits per heavy atom. The largest absolute Gasteiger partial charge is 0.486 e. The van der Waals surface area contributed by atoms with E-state index in [1.54, 1.807) is 0 Å². The number of hydrogen-bond acceptors (Lipinski definition) is 4. The molecule has 1 fully saturated rings. The molecule has 0 spiro atoms. The van der Waals surface area contributed by atoms with Gasteiger partial charge in [0.25, 0.3) is 0 Å². The van der Waals surface area contributed by atoms with Gasteiger partial charge in [-0.1, -0.05) is 19.9 Å². The van der Waals surface area contributed by atoms with Crippen LogP contribution in [0.3, 0.4) is 0 Å². The third-order valence-corrected chi connectivity index (χ3v) is 5.20. The molecule has 0 radical (unpaired) electrons. The number of carbonyl (C=O) groups is 1. The molecule has 1 aromatic carbocycles. The molecule has 1 aromatic rings. The van der Waals surface area contributed by atoms with Gasteiger partial charge in [-0.3, -0.25) is 4.79 Å². The average molecular weight is 516 g/mol. The quantitative estimate of drug-likeness (QED) is 0.346. The molecule has 0 saturated carbocycles. The molecule has 2 aliphatic heterocycles. The van der Waals surface area contributed by atoms with Crippen LogP contribution in [0, 0.1) is 0 Å². The van der Waals surface area contributed by atoms with Crippen molar-refractivity contribution in [1.82, 2.24) is 15.5 Å². The molecule has 2 aliphatic rings. The smallest absolute Gasteiger partial charge is 0.244 e. The van der Waals surface area contributed by atoms with Crippen LogP contribution in [-0.2, 0) is 10.2 Å². The van der Waals surface area contributed by atoms with Crippen molar-refractivity contribution in [3.05, 3.63) is 23.8 Å². The van der Waals surface area contributed by atoms with Crippen LogP contribution in [0.4, 0.5) is 0 Å². The van der Waals surface area contributed by atoms with Gasteiger partial charge in [0.05, 0.1) is 0 Å². The SMILES string of the molecule is CCNC(=NCC(=O)N1CCCC1)NCC(C)(C)c1ccc2c(c1)OCCO2.I. The Balaban J connectivity index is 0.00000300. The number of carbonyl (C=O) groups excluding carboxylic acids is 1. The molecule has 0 aliphatic carbocycles. The fourth-order valence-corrected chi connectivity index (χ4v) is 3.43. The maximum Gasteiger partial charge on any atom is 0.244 e. The second-order valence-electron chi connectivity index (χ2n) is 7.88. The van der Waals surface area contributed by atoms with Gasteiger partial charge in [-0.2, -0.15) is 0 Å². The molecule has 1 saturated heterocycles. The maximum atomic E-state index is 12.3. The predicted molar refractivity (Wildman–Crippen MR) is 126 cm³/mol. The molecule has 7 nitrogen and oxygen atoms in total. The normalized spacial score (nSPS) is 16.2. The minimum Gasteiger partial charge on any atom is -0.486 e. The lowest BCUT2D eigenvalue weighted by Crippen LogP contribution is -2.44. The van der Waals surface area contributed by atoms with Gasteiger partial charge in [-0.15, -0.1) is 24.0 Å². The van der Waals surface area contributed by atoms with E-state index in [9.17, 15) is 4.79 Å². The maximum absolute atomic E-state index is 12.3. The summed E-state index contributed by atoms with van der Waals surface area (Å²) in [5.74, 6) is 2.36. The number of ether oxygens (including phenoxy) is 2. The zero-order chi connectivity index (χ0) is 20.0. The standard InChI is InChI=1S/C21H32N4O3.HI/c1-4-22-20(23-14-19(26)25-9-5-6-10-25)24-15-21(2,3)16-7-8-17-18(13-16)28-12-11-27-17;/h7-8,13H,4-6,9-12,14-15H2,1-3H3,(H2,22,23,24);1H. The number of benzene rings is 1. The second-order valence-corrected chi connectivity index (χ2v) is 7.88. The highest BCUT2D eigenvalue weighted by molar-refractivity contribution is 14.0. The fraction of sp³-hybridized carbons (Fsp3) is 0.619. The first-order valence-corrected chi connectivity index (χ1v) is 10.2. The van der Waals surface area contributed by atoms with Gasteiger partial charge in [-0.25, -0.2) is 4.99 Å². The van der Waals surface area contributed by atoms with Gasteiger partial charge in [0.2, 0.25) is 5.91 Å². The minimum atomic E-state index is -0.148. The molecule has 29 heavy (non-hydrogen) atoms. The Morgan fingerprint density at radius 3 is 2.52 bits per heavy atom. The number of halogens is 1. The van der Waals surface area contributed by atoms with E-state index < -0.39 is 0 Å². The van der Waals surface area contributed by atoms with Crippen LogP contribution in [0.25, 0.3) is 0 Å². The van der Waals surface area contributed by atoms with Gasteiger partial charge in [0.15, 0.2) is 17.5 Å². The highest BCUT2D eigenvalue weighted by atomic mass is 127. The van der Waals surface area contributed by atoms with E-state index in [-0.39, 0.29) is 41.8 Å². The number of hydrogen-bond donors (Lipinski definition) is 2. The van der Waals surface area contributed by atoms with E-state index in [1.165, 1.54) is 0 Å². The van der Waals surface area contributed by atoms with Crippen LogP contribution in [0.15, 0.2) is 23.2 Å². The lowest BCUT2D eigenvalue weighted by atomic mass is 9.84. The summed E-state index contributed by atoms with van der Waals surface area (Å²) in [4.78, 5) is 18.6. The first kappa shape index (κ1) is 23.6. The first-order chi connectivity index (χ1) is 13.5. The molecule has 0 bridgehead atoms. The topological polar surface area (TPSA) is 75.2 Å². The molecular formula is C21H33IN4O3. The highest BCUT2D eigenvalue weighted by Crippen LogP contribution is 2.34. The van der Waals surface area contributed by atoms with Crippen LogP contribution in [0.5, 0.6) is 11.5 Å². The van der Waals surface area contributed by atoms with Crippen LogP contribution in [0.1, 0.15) is 39.2 Å². The van der Waals surface area contributed by atoms with Crippen molar-refractivity contribution in [2.75, 3.05) is 45.9 Å². The molecule has 0 unspecified atom stereocenters. The van der Waals surface area contributed by atoms with E-state index in [2.05, 4.69) is 41.6 Å². The molecule has 0 atom stereocenters. The summed E-state index contributed by atoms with van der Waals surface area (Å²) < 4.78 is 11.3. The molecule has 0 aromatic heterocycles. The number of guanidine groups is 1. The van der Waals surface area contributed by atoms with Crippen LogP contribution in [-0.4, -0.2) is 62.7 Å². The van der Waals surface area contributed by atoms with Gasteiger partial charge in [0.1, 0.15) is 19.8 Å². The summed E-state index contributed by atoms with van der Waals surface area (Å²) in [6.07, 6.45) is 2.19. The summed E-state index contributed by atoms with van der Waals surface area (Å²) in [6.45, 7) is 10.9. The number of rotatable bonds is 6. The van der Waals surface area contributed by atoms with Crippen molar-refractivity contribution in [3.8, 4) is 11.5 Å². The highest BCUT2D eigenvalue weighted by Gasteiger charge is 2.24. The number of nitrogens with one attached hydrogen (secondary N) is 2. The second kappa shape index (κ2) is 10.9. The van der Waals surface area contributed by atoms with E-state index in [1.807, 2.05) is 17.9 Å². The first-order valence-electron chi connectivity index (χ1n) is 10.2. The molecule has 2 heterocycles. The summed E-state index contributed by atoms with van der Waals surface area (Å²) in [6, 6.07) is 6.10. The number of likely N-dealkylation sites (tertiary alicyclic amines) is 1. The van der Waals surface area contributed by atoms with E-state index in [0.717, 1.165) is 49.5 Å². The summed E-state index contributed by atoms with van der Waals surface area (Å²) in [5.41, 5.74) is 1.01. The Hall–Kier alpha value is -1.71. The lowest BCUT2D eigenvalue weighted by Gasteiger charge is -2.28. The monoisotopic (exact) mass is 516 g/mol. The Kier molecular flexibility index (Phi) is 8.85. The third-order valence-electron chi connectivity index (χ3n) is 5.20. The average Bonchev–Trinajstić information content (AvgIpc) is 3.24. The van der Waals surface area contributed by atoms with Crippen molar-refractivity contribution in [1.29, 1.82) is 0 Å². The van der Waals surface area contributed by atoms with E-state index in [4.69, 9.17) is 9.47 Å². The van der Waals surface area contributed by atoms with Crippen molar-refractivity contribution in [2.45, 2.75) is 39.0 Å². The van der Waals surface area contributed by atoms with Crippen molar-refractivity contribution >= 4 is 35.8 Å². The number of fused-ring (bicyclic) bond motifs is 1. The number of nitrogens with zero attached hydrogens (tertiary/aromatic N) is 2. The molecule has 2 N–H and O–H groups in total. The Morgan fingerprint density at radius 2 is 1.83 bits per heavy atom. The van der Waals surface area contributed by atoms with E-state index in [0.29, 0.717) is 25.7 Å². The fourth-order valence-electron chi connectivity index (χ4n) is 3.43. The third kappa shape index (κ3) is 6.38. The molecule has 162 valence electrons. The molecular weight excluding hydrogens is 483 g/mol. The minimum absolute atomic E-state index is 0. The number of amides is 1. The van der Waals surface area contributed by atoms with Crippen LogP contribution >= 0.6 is 24.0 Å². The molecule has 3 rings (SSSR count). The van der Waals surface area contributed by atoms with Crippen molar-refractivity contribution in [3.63, 3.8) is 0 Å². The van der Waals surface area contributed by atoms with Crippen LogP contribution < -0.4 is 20.1 Å². The van der Waals surface area contributed by atoms with Gasteiger partial charge < -0.3 is 25.0 Å². The number of aliphatic imine (C=N–C) groups is 1. The lowest BCUT2D eigenvalue weighted by molar-refractivity contribution is -0.128. The van der Waals surface area contributed by atoms with Gasteiger partial charge in [0, 0.05) is 31.6 Å². The van der Waals surface area contributed by atoms with E-state index >= 15 is 0 Å². The summed E-state index contributed by atoms with van der Waals surface area (Å²) in [5, 5.41) is 6.61. The predicted octanol–water partition coefficient (Wildman–Crippen LogP) is 2.53. The molecule has 1 amide bonds. The van der Waals surface area contributed by atoms with Crippen molar-refractivity contribution < 1.29 is 14.3 Å². The Bertz CT molecular complexity index is 718. The zero-order valence-electron chi connectivity index (χ0n) is 17.6. The van der Waals surface area contributed by atoms with Crippen molar-refractivity contribution in [2.24, 2.45) is 4.99 Å².